The number of hydrogen-bond donors (Lipinski definition) is 0. The van der Waals surface area contributed by atoms with Gasteiger partial charge in [-0.2, -0.15) is 0 Å². The average molecular weight is 130 g/mol. The molecular weight excluding hydrogens is 120 g/mol. The van der Waals surface area contributed by atoms with Gasteiger partial charge in [0.25, 0.3) is 0 Å². The van der Waals surface area contributed by atoms with Crippen LogP contribution in [0, 0.1) is 0 Å². The van der Waals surface area contributed by atoms with E-state index in [1.54, 1.807) is 6.08 Å². The van der Waals surface area contributed by atoms with Gasteiger partial charge >= 0.3 is 0 Å². The molecule has 0 heteroatoms. The van der Waals surface area contributed by atoms with Crippen molar-refractivity contribution in [2.45, 2.75) is 0 Å². The van der Waals surface area contributed by atoms with Crippen LogP contribution in [0.2, 0.25) is 0 Å². The standard InChI is InChI=1S/C10H10/c1-3-9(2)10-7-5-4-6-8-10/h3-8H,1-2H2. The summed E-state index contributed by atoms with van der Waals surface area (Å²) in [5.74, 6) is 0. The van der Waals surface area contributed by atoms with E-state index in [0.29, 0.717) is 0 Å². The first kappa shape index (κ1) is 6.81. The third kappa shape index (κ3) is 1.35. The fourth-order valence-corrected chi connectivity index (χ4v) is 0.770. The topological polar surface area (TPSA) is 0 Å². The van der Waals surface area contributed by atoms with Gasteiger partial charge in [-0.15, -0.1) is 0 Å². The van der Waals surface area contributed by atoms with Crippen LogP contribution in [0.25, 0.3) is 5.57 Å². The minimum Gasteiger partial charge on any atom is -0.0985 e. The highest BCUT2D eigenvalue weighted by atomic mass is 13.9. The number of hydrogen-bond acceptors (Lipinski definition) is 0. The molecule has 0 aliphatic rings. The molecule has 50 valence electrons. The SMILES string of the molecule is C=CC(=C)c1ccccc1. The lowest BCUT2D eigenvalue weighted by Crippen LogP contribution is -1.74. The van der Waals surface area contributed by atoms with Crippen LogP contribution >= 0.6 is 0 Å². The molecule has 1 aromatic carbocycles. The van der Waals surface area contributed by atoms with Crippen LogP contribution in [0.3, 0.4) is 0 Å². The Morgan fingerprint density at radius 2 is 1.80 bits per heavy atom. The predicted molar refractivity (Wildman–Crippen MR) is 45.7 cm³/mol. The summed E-state index contributed by atoms with van der Waals surface area (Å²) in [5, 5.41) is 0. The van der Waals surface area contributed by atoms with E-state index in [4.69, 9.17) is 0 Å². The normalized spacial score (nSPS) is 8.80. The van der Waals surface area contributed by atoms with Crippen LogP contribution < -0.4 is 0 Å². The Bertz CT molecular complexity index is 231. The van der Waals surface area contributed by atoms with Gasteiger partial charge in [-0.1, -0.05) is 49.6 Å². The maximum Gasteiger partial charge on any atom is -0.0190 e. The van der Waals surface area contributed by atoms with Crippen molar-refractivity contribution in [2.24, 2.45) is 0 Å². The van der Waals surface area contributed by atoms with Crippen molar-refractivity contribution < 1.29 is 0 Å². The molecule has 0 aliphatic carbocycles. The summed E-state index contributed by atoms with van der Waals surface area (Å²) in [4.78, 5) is 0. The van der Waals surface area contributed by atoms with Gasteiger partial charge in [0.1, 0.15) is 0 Å². The lowest BCUT2D eigenvalue weighted by Gasteiger charge is -1.96. The molecule has 0 heterocycles. The summed E-state index contributed by atoms with van der Waals surface area (Å²) in [6.07, 6.45) is 1.76. The van der Waals surface area contributed by atoms with Crippen LogP contribution in [0.5, 0.6) is 0 Å². The molecule has 0 spiro atoms. The molecule has 0 aliphatic heterocycles. The van der Waals surface area contributed by atoms with Crippen molar-refractivity contribution in [3.8, 4) is 0 Å². The van der Waals surface area contributed by atoms with Crippen molar-refractivity contribution in [1.82, 2.24) is 0 Å². The predicted octanol–water partition coefficient (Wildman–Crippen LogP) is 2.89. The highest BCUT2D eigenvalue weighted by molar-refractivity contribution is 5.71. The lowest BCUT2D eigenvalue weighted by atomic mass is 10.1. The Hall–Kier alpha value is -1.30. The lowest BCUT2D eigenvalue weighted by molar-refractivity contribution is 1.63. The Labute approximate surface area is 61.5 Å². The fourth-order valence-electron chi connectivity index (χ4n) is 0.770. The highest BCUT2D eigenvalue weighted by Gasteiger charge is 1.88. The van der Waals surface area contributed by atoms with Crippen LogP contribution in [-0.2, 0) is 0 Å². The van der Waals surface area contributed by atoms with Gasteiger partial charge in [-0.25, -0.2) is 0 Å². The van der Waals surface area contributed by atoms with Crippen molar-refractivity contribution in [3.63, 3.8) is 0 Å². The van der Waals surface area contributed by atoms with Gasteiger partial charge in [0.15, 0.2) is 0 Å². The molecule has 0 bridgehead atoms. The van der Waals surface area contributed by atoms with E-state index in [0.717, 1.165) is 11.1 Å². The van der Waals surface area contributed by atoms with Crippen LogP contribution in [-0.4, -0.2) is 0 Å². The summed E-state index contributed by atoms with van der Waals surface area (Å²) >= 11 is 0. The summed E-state index contributed by atoms with van der Waals surface area (Å²) < 4.78 is 0. The molecule has 1 aromatic rings. The summed E-state index contributed by atoms with van der Waals surface area (Å²) in [5.41, 5.74) is 2.11. The zero-order valence-corrected chi connectivity index (χ0v) is 5.88. The van der Waals surface area contributed by atoms with Gasteiger partial charge < -0.3 is 0 Å². The zero-order chi connectivity index (χ0) is 7.40. The van der Waals surface area contributed by atoms with E-state index in [2.05, 4.69) is 13.2 Å². The smallest absolute Gasteiger partial charge is 0.0190 e. The van der Waals surface area contributed by atoms with Crippen molar-refractivity contribution in [1.29, 1.82) is 0 Å². The Kier molecular flexibility index (Phi) is 2.06. The van der Waals surface area contributed by atoms with E-state index in [9.17, 15) is 0 Å². The Morgan fingerprint density at radius 1 is 1.20 bits per heavy atom. The number of benzene rings is 1. The molecule has 10 heavy (non-hydrogen) atoms. The maximum atomic E-state index is 3.83. The molecule has 1 rings (SSSR count). The highest BCUT2D eigenvalue weighted by Crippen LogP contribution is 2.10. The first-order chi connectivity index (χ1) is 4.84. The Morgan fingerprint density at radius 3 is 2.30 bits per heavy atom. The summed E-state index contributed by atoms with van der Waals surface area (Å²) in [6.45, 7) is 7.46. The van der Waals surface area contributed by atoms with Gasteiger partial charge in [0.2, 0.25) is 0 Å². The quantitative estimate of drug-likeness (QED) is 0.540. The molecule has 0 aromatic heterocycles. The first-order valence-corrected chi connectivity index (χ1v) is 3.21. The van der Waals surface area contributed by atoms with Gasteiger partial charge in [0, 0.05) is 0 Å². The summed E-state index contributed by atoms with van der Waals surface area (Å²) in [6, 6.07) is 10.0. The fraction of sp³-hybridized carbons (Fsp3) is 0. The molecule has 0 fully saturated rings. The molecule has 0 saturated carbocycles. The van der Waals surface area contributed by atoms with E-state index >= 15 is 0 Å². The van der Waals surface area contributed by atoms with Gasteiger partial charge in [-0.05, 0) is 11.1 Å². The molecule has 0 N–H and O–H groups in total. The van der Waals surface area contributed by atoms with Crippen molar-refractivity contribution in [2.75, 3.05) is 0 Å². The van der Waals surface area contributed by atoms with Crippen LogP contribution in [0.4, 0.5) is 0 Å². The minimum absolute atomic E-state index is 0.973. The third-order valence-corrected chi connectivity index (χ3v) is 1.39. The number of allylic oxidation sites excluding steroid dienone is 2. The summed E-state index contributed by atoms with van der Waals surface area (Å²) in [7, 11) is 0. The van der Waals surface area contributed by atoms with Gasteiger partial charge in [-0.3, -0.25) is 0 Å². The van der Waals surface area contributed by atoms with E-state index in [1.165, 1.54) is 0 Å². The van der Waals surface area contributed by atoms with Crippen LogP contribution in [0.15, 0.2) is 49.6 Å². The van der Waals surface area contributed by atoms with Crippen LogP contribution in [0.1, 0.15) is 5.56 Å². The molecule has 0 radical (unpaired) electrons. The minimum atomic E-state index is 0.973. The number of rotatable bonds is 2. The molecule has 0 unspecified atom stereocenters. The monoisotopic (exact) mass is 130 g/mol. The Balaban J connectivity index is 2.95. The maximum absolute atomic E-state index is 3.83. The van der Waals surface area contributed by atoms with E-state index in [-0.39, 0.29) is 0 Å². The molecule has 0 amide bonds. The zero-order valence-electron chi connectivity index (χ0n) is 5.88. The molecule has 0 nitrogen and oxygen atoms in total. The molecule has 0 atom stereocenters. The average Bonchev–Trinajstić information content (AvgIpc) is 2.05. The largest absolute Gasteiger partial charge is 0.0985 e. The van der Waals surface area contributed by atoms with Crippen molar-refractivity contribution >= 4 is 5.57 Å². The first-order valence-electron chi connectivity index (χ1n) is 3.21. The van der Waals surface area contributed by atoms with E-state index in [1.807, 2.05) is 30.3 Å². The second-order valence-electron chi connectivity index (χ2n) is 2.10. The van der Waals surface area contributed by atoms with E-state index < -0.39 is 0 Å². The molecule has 0 saturated heterocycles. The molecular formula is C10H10. The third-order valence-electron chi connectivity index (χ3n) is 1.39. The second-order valence-corrected chi connectivity index (χ2v) is 2.10. The van der Waals surface area contributed by atoms with Gasteiger partial charge in [0.05, 0.1) is 0 Å². The van der Waals surface area contributed by atoms with Crippen molar-refractivity contribution in [3.05, 3.63) is 55.1 Å². The second kappa shape index (κ2) is 3.02.